The lowest BCUT2D eigenvalue weighted by molar-refractivity contribution is -0.151. The van der Waals surface area contributed by atoms with Crippen molar-refractivity contribution in [3.8, 4) is 0 Å². The smallest absolute Gasteiger partial charge is 0.274 e. The Morgan fingerprint density at radius 2 is 2.13 bits per heavy atom. The Bertz CT molecular complexity index is 645. The molecule has 1 atom stereocenters. The van der Waals surface area contributed by atoms with Crippen LogP contribution in [0.3, 0.4) is 0 Å². The molecule has 2 saturated heterocycles. The first-order valence-corrected chi connectivity index (χ1v) is 7.72. The number of amides is 2. The van der Waals surface area contributed by atoms with Crippen LogP contribution in [0.2, 0.25) is 0 Å². The molecule has 126 valence electrons. The summed E-state index contributed by atoms with van der Waals surface area (Å²) in [6.07, 6.45) is 1.47. The van der Waals surface area contributed by atoms with Crippen molar-refractivity contribution in [3.63, 3.8) is 0 Å². The van der Waals surface area contributed by atoms with Gasteiger partial charge in [0.05, 0.1) is 12.0 Å². The van der Waals surface area contributed by atoms with Crippen LogP contribution in [0.1, 0.15) is 30.3 Å². The molecule has 8 heteroatoms. The van der Waals surface area contributed by atoms with Crippen LogP contribution in [0.5, 0.6) is 0 Å². The van der Waals surface area contributed by atoms with E-state index >= 15 is 0 Å². The molecule has 0 radical (unpaired) electrons. The normalized spacial score (nSPS) is 27.0. The molecular formula is C15H20F2N4O2. The molecule has 1 spiro atoms. The molecule has 1 aromatic rings. The molecule has 0 aliphatic carbocycles. The molecule has 0 unspecified atom stereocenters. The van der Waals surface area contributed by atoms with Crippen molar-refractivity contribution in [1.29, 1.82) is 0 Å². The van der Waals surface area contributed by atoms with E-state index in [0.717, 1.165) is 4.90 Å². The van der Waals surface area contributed by atoms with Crippen LogP contribution in [0, 0.1) is 5.41 Å². The lowest BCUT2D eigenvalue weighted by Gasteiger charge is -2.42. The zero-order valence-electron chi connectivity index (χ0n) is 13.3. The molecule has 2 aliphatic heterocycles. The molecule has 2 amide bonds. The molecule has 2 fully saturated rings. The van der Waals surface area contributed by atoms with Gasteiger partial charge in [0.25, 0.3) is 11.8 Å². The van der Waals surface area contributed by atoms with Crippen molar-refractivity contribution in [2.24, 2.45) is 12.5 Å². The summed E-state index contributed by atoms with van der Waals surface area (Å²) in [4.78, 5) is 27.7. The van der Waals surface area contributed by atoms with Crippen LogP contribution in [0.4, 0.5) is 8.78 Å². The molecule has 0 aromatic carbocycles. The van der Waals surface area contributed by atoms with Crippen LogP contribution >= 0.6 is 0 Å². The molecule has 3 rings (SSSR count). The number of carbonyl (C=O) groups is 2. The molecule has 0 N–H and O–H groups in total. The second-order valence-corrected chi connectivity index (χ2v) is 6.48. The number of aromatic nitrogens is 2. The third-order valence-corrected chi connectivity index (χ3v) is 4.72. The highest BCUT2D eigenvalue weighted by atomic mass is 19.3. The summed E-state index contributed by atoms with van der Waals surface area (Å²) in [5.74, 6) is -3.88. The summed E-state index contributed by atoms with van der Waals surface area (Å²) >= 11 is 0. The topological polar surface area (TPSA) is 58.4 Å². The van der Waals surface area contributed by atoms with Gasteiger partial charge in [-0.15, -0.1) is 0 Å². The van der Waals surface area contributed by atoms with Gasteiger partial charge in [0.2, 0.25) is 5.91 Å². The van der Waals surface area contributed by atoms with Crippen LogP contribution in [-0.2, 0) is 11.8 Å². The second-order valence-electron chi connectivity index (χ2n) is 6.48. The Morgan fingerprint density at radius 1 is 1.39 bits per heavy atom. The fourth-order valence-corrected chi connectivity index (χ4v) is 3.65. The van der Waals surface area contributed by atoms with E-state index in [9.17, 15) is 18.4 Å². The minimum atomic E-state index is -3.07. The van der Waals surface area contributed by atoms with Crippen molar-refractivity contribution >= 4 is 11.8 Å². The molecule has 6 nitrogen and oxygen atoms in total. The van der Waals surface area contributed by atoms with E-state index in [2.05, 4.69) is 5.10 Å². The highest BCUT2D eigenvalue weighted by molar-refractivity contribution is 5.93. The highest BCUT2D eigenvalue weighted by Crippen LogP contribution is 2.45. The third kappa shape index (κ3) is 2.70. The van der Waals surface area contributed by atoms with Gasteiger partial charge < -0.3 is 9.80 Å². The molecule has 2 aliphatic rings. The van der Waals surface area contributed by atoms with Crippen molar-refractivity contribution in [2.75, 3.05) is 26.2 Å². The predicted octanol–water partition coefficient (Wildman–Crippen LogP) is 1.14. The fourth-order valence-electron chi connectivity index (χ4n) is 3.65. The van der Waals surface area contributed by atoms with Gasteiger partial charge in [0, 0.05) is 39.3 Å². The van der Waals surface area contributed by atoms with Gasteiger partial charge in [0.1, 0.15) is 5.69 Å². The van der Waals surface area contributed by atoms with Gasteiger partial charge >= 0.3 is 0 Å². The van der Waals surface area contributed by atoms with Crippen LogP contribution < -0.4 is 0 Å². The van der Waals surface area contributed by atoms with Crippen LogP contribution in [0.25, 0.3) is 0 Å². The van der Waals surface area contributed by atoms with Gasteiger partial charge in [-0.25, -0.2) is 8.78 Å². The van der Waals surface area contributed by atoms with E-state index in [1.165, 1.54) is 10.7 Å². The van der Waals surface area contributed by atoms with E-state index in [4.69, 9.17) is 0 Å². The largest absolute Gasteiger partial charge is 0.342 e. The number of carbonyl (C=O) groups excluding carboxylic acids is 2. The van der Waals surface area contributed by atoms with Crippen molar-refractivity contribution in [3.05, 3.63) is 18.0 Å². The van der Waals surface area contributed by atoms with Gasteiger partial charge in [-0.3, -0.25) is 14.3 Å². The fraction of sp³-hybridized carbons (Fsp3) is 0.667. The minimum Gasteiger partial charge on any atom is -0.342 e. The summed E-state index contributed by atoms with van der Waals surface area (Å²) in [5.41, 5.74) is -1.04. The zero-order chi connectivity index (χ0) is 16.8. The lowest BCUT2D eigenvalue weighted by atomic mass is 9.77. The standard InChI is InChI=1S/C15H20F2N4O2/c1-3-20-7-5-14(13(20)23)8-15(16,17)10-21(9-14)12(22)11-4-6-19(2)18-11/h4,6H,3,5,7-10H2,1-2H3/t14-/m1/s1. The highest BCUT2D eigenvalue weighted by Gasteiger charge is 2.57. The van der Waals surface area contributed by atoms with E-state index in [0.29, 0.717) is 19.5 Å². The van der Waals surface area contributed by atoms with Gasteiger partial charge in [-0.2, -0.15) is 5.10 Å². The molecule has 0 saturated carbocycles. The van der Waals surface area contributed by atoms with Gasteiger partial charge in [0.15, 0.2) is 0 Å². The van der Waals surface area contributed by atoms with Crippen molar-refractivity contribution in [2.45, 2.75) is 25.7 Å². The number of likely N-dealkylation sites (tertiary alicyclic amines) is 2. The number of halogens is 2. The average Bonchev–Trinajstić information content (AvgIpc) is 3.02. The second kappa shape index (κ2) is 5.28. The number of aryl methyl sites for hydroxylation is 1. The SMILES string of the molecule is CCN1CC[C@@]2(CN(C(=O)c3ccn(C)n3)CC(F)(F)C2)C1=O. The Hall–Kier alpha value is -1.99. The lowest BCUT2D eigenvalue weighted by Crippen LogP contribution is -2.57. The molecule has 23 heavy (non-hydrogen) atoms. The molecule has 0 bridgehead atoms. The monoisotopic (exact) mass is 326 g/mol. The first-order chi connectivity index (χ1) is 10.8. The Morgan fingerprint density at radius 3 is 2.70 bits per heavy atom. The number of piperidine rings is 1. The maximum atomic E-state index is 14.2. The minimum absolute atomic E-state index is 0.0351. The van der Waals surface area contributed by atoms with Crippen molar-refractivity contribution < 1.29 is 18.4 Å². The molecule has 1 aromatic heterocycles. The summed E-state index contributed by atoms with van der Waals surface area (Å²) in [6.45, 7) is 2.17. The summed E-state index contributed by atoms with van der Waals surface area (Å²) in [7, 11) is 1.66. The summed E-state index contributed by atoms with van der Waals surface area (Å²) in [5, 5.41) is 3.98. The number of nitrogens with zero attached hydrogens (tertiary/aromatic N) is 4. The number of hydrogen-bond acceptors (Lipinski definition) is 3. The number of rotatable bonds is 2. The Kier molecular flexibility index (Phi) is 3.65. The summed E-state index contributed by atoms with van der Waals surface area (Å²) < 4.78 is 29.9. The van der Waals surface area contributed by atoms with E-state index in [1.807, 2.05) is 6.92 Å². The summed E-state index contributed by atoms with van der Waals surface area (Å²) in [6, 6.07) is 1.50. The van der Waals surface area contributed by atoms with Crippen molar-refractivity contribution in [1.82, 2.24) is 19.6 Å². The number of hydrogen-bond donors (Lipinski definition) is 0. The van der Waals surface area contributed by atoms with Crippen LogP contribution in [0.15, 0.2) is 12.3 Å². The number of alkyl halides is 2. The first kappa shape index (κ1) is 15.9. The predicted molar refractivity (Wildman–Crippen MR) is 78.0 cm³/mol. The third-order valence-electron chi connectivity index (χ3n) is 4.72. The molecular weight excluding hydrogens is 306 g/mol. The maximum Gasteiger partial charge on any atom is 0.274 e. The quantitative estimate of drug-likeness (QED) is 0.819. The van der Waals surface area contributed by atoms with E-state index in [-0.39, 0.29) is 18.1 Å². The Balaban J connectivity index is 1.88. The van der Waals surface area contributed by atoms with Gasteiger partial charge in [-0.05, 0) is 19.4 Å². The zero-order valence-corrected chi connectivity index (χ0v) is 13.3. The van der Waals surface area contributed by atoms with E-state index < -0.39 is 30.2 Å². The maximum absolute atomic E-state index is 14.2. The van der Waals surface area contributed by atoms with Crippen LogP contribution in [-0.4, -0.2) is 63.5 Å². The average molecular weight is 326 g/mol. The Labute approximate surface area is 133 Å². The van der Waals surface area contributed by atoms with Gasteiger partial charge in [-0.1, -0.05) is 0 Å². The first-order valence-electron chi connectivity index (χ1n) is 7.72. The molecule has 3 heterocycles. The van der Waals surface area contributed by atoms with E-state index in [1.54, 1.807) is 18.1 Å².